The van der Waals surface area contributed by atoms with Gasteiger partial charge in [0.15, 0.2) is 0 Å². The third-order valence-electron chi connectivity index (χ3n) is 5.66. The fourth-order valence-corrected chi connectivity index (χ4v) is 3.77. The van der Waals surface area contributed by atoms with Crippen LogP contribution in [0.2, 0.25) is 0 Å². The van der Waals surface area contributed by atoms with Gasteiger partial charge in [-0.2, -0.15) is 0 Å². The lowest BCUT2D eigenvalue weighted by molar-refractivity contribution is -0.119. The second-order valence-corrected chi connectivity index (χ2v) is 8.11. The van der Waals surface area contributed by atoms with Crippen molar-refractivity contribution in [3.8, 4) is 23.0 Å². The number of nitrogens with zero attached hydrogens (tertiary/aromatic N) is 1. The number of hydrogen-bond acceptors (Lipinski definition) is 2. The Balaban J connectivity index is 1.29. The number of ketones is 1. The number of carbonyl (C=O) groups excluding carboxylic acids is 1. The SMILES string of the molecule is O=C(CCc1ccc(CC#Cc2ccccc2-c2ccccc2)cc1)CCc1cccnc1. The van der Waals surface area contributed by atoms with Crippen LogP contribution >= 0.6 is 0 Å². The average molecular weight is 430 g/mol. The van der Waals surface area contributed by atoms with Gasteiger partial charge in [-0.25, -0.2) is 0 Å². The molecule has 0 spiro atoms. The molecule has 1 aromatic heterocycles. The molecule has 0 bridgehead atoms. The van der Waals surface area contributed by atoms with Crippen molar-refractivity contribution < 1.29 is 4.79 Å². The Hall–Kier alpha value is -3.96. The first-order valence-electron chi connectivity index (χ1n) is 11.4. The molecule has 0 fully saturated rings. The van der Waals surface area contributed by atoms with E-state index in [1.807, 2.05) is 30.5 Å². The van der Waals surface area contributed by atoms with Crippen molar-refractivity contribution in [1.82, 2.24) is 4.98 Å². The van der Waals surface area contributed by atoms with E-state index in [9.17, 15) is 4.79 Å². The lowest BCUT2D eigenvalue weighted by Gasteiger charge is -2.04. The first-order valence-corrected chi connectivity index (χ1v) is 11.4. The fraction of sp³-hybridized carbons (Fsp3) is 0.161. The Bertz CT molecular complexity index is 1230. The number of Topliss-reactive ketones (excluding diaryl/α,β-unsaturated/α-hetero) is 1. The van der Waals surface area contributed by atoms with E-state index in [1.54, 1.807) is 6.20 Å². The highest BCUT2D eigenvalue weighted by molar-refractivity contribution is 5.78. The van der Waals surface area contributed by atoms with Gasteiger partial charge in [0.05, 0.1) is 0 Å². The van der Waals surface area contributed by atoms with Crippen molar-refractivity contribution in [2.24, 2.45) is 0 Å². The van der Waals surface area contributed by atoms with E-state index in [0.29, 0.717) is 25.0 Å². The van der Waals surface area contributed by atoms with Gasteiger partial charge in [-0.1, -0.05) is 90.7 Å². The summed E-state index contributed by atoms with van der Waals surface area (Å²) in [5, 5.41) is 0. The highest BCUT2D eigenvalue weighted by Crippen LogP contribution is 2.22. The van der Waals surface area contributed by atoms with Crippen LogP contribution in [-0.4, -0.2) is 10.8 Å². The molecule has 1 heterocycles. The van der Waals surface area contributed by atoms with Crippen LogP contribution in [0, 0.1) is 11.8 Å². The zero-order valence-electron chi connectivity index (χ0n) is 18.7. The van der Waals surface area contributed by atoms with Crippen molar-refractivity contribution >= 4 is 5.78 Å². The number of carbonyl (C=O) groups is 1. The minimum Gasteiger partial charge on any atom is -0.300 e. The summed E-state index contributed by atoms with van der Waals surface area (Å²) in [5.74, 6) is 6.96. The molecule has 4 rings (SSSR count). The quantitative estimate of drug-likeness (QED) is 0.300. The molecule has 0 atom stereocenters. The molecular formula is C31H27NO. The van der Waals surface area contributed by atoms with E-state index in [0.717, 1.165) is 29.5 Å². The van der Waals surface area contributed by atoms with Gasteiger partial charge in [-0.3, -0.25) is 9.78 Å². The molecule has 0 unspecified atom stereocenters. The largest absolute Gasteiger partial charge is 0.300 e. The second-order valence-electron chi connectivity index (χ2n) is 8.11. The van der Waals surface area contributed by atoms with Crippen molar-refractivity contribution in [3.05, 3.63) is 126 Å². The molecule has 0 amide bonds. The maximum Gasteiger partial charge on any atom is 0.133 e. The van der Waals surface area contributed by atoms with E-state index < -0.39 is 0 Å². The summed E-state index contributed by atoms with van der Waals surface area (Å²) in [6, 6.07) is 31.0. The average Bonchev–Trinajstić information content (AvgIpc) is 2.88. The zero-order chi connectivity index (χ0) is 22.7. The fourth-order valence-electron chi connectivity index (χ4n) is 3.77. The molecule has 2 nitrogen and oxygen atoms in total. The van der Waals surface area contributed by atoms with Crippen LogP contribution in [0.3, 0.4) is 0 Å². The lowest BCUT2D eigenvalue weighted by atomic mass is 9.99. The topological polar surface area (TPSA) is 30.0 Å². The summed E-state index contributed by atoms with van der Waals surface area (Å²) < 4.78 is 0. The first-order chi connectivity index (χ1) is 16.3. The second kappa shape index (κ2) is 11.6. The zero-order valence-corrected chi connectivity index (χ0v) is 18.7. The van der Waals surface area contributed by atoms with Crippen molar-refractivity contribution in [2.45, 2.75) is 32.1 Å². The van der Waals surface area contributed by atoms with Crippen LogP contribution < -0.4 is 0 Å². The van der Waals surface area contributed by atoms with Crippen LogP contribution in [0.1, 0.15) is 35.1 Å². The Labute approximate surface area is 196 Å². The van der Waals surface area contributed by atoms with Gasteiger partial charge in [-0.05, 0) is 52.8 Å². The van der Waals surface area contributed by atoms with Crippen molar-refractivity contribution in [2.75, 3.05) is 0 Å². The van der Waals surface area contributed by atoms with Crippen LogP contribution in [0.4, 0.5) is 0 Å². The predicted molar refractivity (Wildman–Crippen MR) is 135 cm³/mol. The maximum atomic E-state index is 12.2. The van der Waals surface area contributed by atoms with E-state index in [2.05, 4.69) is 83.6 Å². The van der Waals surface area contributed by atoms with Crippen LogP contribution in [-0.2, 0) is 24.1 Å². The molecule has 0 radical (unpaired) electrons. The minimum atomic E-state index is 0.297. The van der Waals surface area contributed by atoms with Gasteiger partial charge in [0.2, 0.25) is 0 Å². The van der Waals surface area contributed by atoms with Gasteiger partial charge in [0.25, 0.3) is 0 Å². The molecular weight excluding hydrogens is 402 g/mol. The molecule has 0 aliphatic rings. The minimum absolute atomic E-state index is 0.297. The molecule has 0 saturated carbocycles. The molecule has 0 saturated heterocycles. The van der Waals surface area contributed by atoms with Crippen LogP contribution in [0.15, 0.2) is 103 Å². The highest BCUT2D eigenvalue weighted by atomic mass is 16.1. The number of rotatable bonds is 8. The highest BCUT2D eigenvalue weighted by Gasteiger charge is 2.05. The Morgan fingerprint density at radius 1 is 0.697 bits per heavy atom. The summed E-state index contributed by atoms with van der Waals surface area (Å²) in [6.45, 7) is 0. The molecule has 0 aliphatic carbocycles. The number of aromatic nitrogens is 1. The van der Waals surface area contributed by atoms with Gasteiger partial charge in [0, 0.05) is 37.2 Å². The first kappa shape index (κ1) is 22.2. The molecule has 33 heavy (non-hydrogen) atoms. The molecule has 2 heteroatoms. The Kier molecular flexibility index (Phi) is 7.82. The monoisotopic (exact) mass is 429 g/mol. The van der Waals surface area contributed by atoms with E-state index in [4.69, 9.17) is 0 Å². The van der Waals surface area contributed by atoms with Crippen molar-refractivity contribution in [1.29, 1.82) is 0 Å². The number of aryl methyl sites for hydroxylation is 2. The molecule has 162 valence electrons. The van der Waals surface area contributed by atoms with E-state index in [-0.39, 0.29) is 0 Å². The van der Waals surface area contributed by atoms with Gasteiger partial charge < -0.3 is 0 Å². The number of benzene rings is 3. The molecule has 0 N–H and O–H groups in total. The molecule has 0 aliphatic heterocycles. The van der Waals surface area contributed by atoms with Gasteiger partial charge in [0.1, 0.15) is 5.78 Å². The Morgan fingerprint density at radius 3 is 2.15 bits per heavy atom. The van der Waals surface area contributed by atoms with Gasteiger partial charge >= 0.3 is 0 Å². The van der Waals surface area contributed by atoms with Gasteiger partial charge in [-0.15, -0.1) is 0 Å². The predicted octanol–water partition coefficient (Wildman–Crippen LogP) is 6.48. The van der Waals surface area contributed by atoms with Crippen LogP contribution in [0.5, 0.6) is 0 Å². The number of hydrogen-bond donors (Lipinski definition) is 0. The maximum absolute atomic E-state index is 12.2. The Morgan fingerprint density at radius 2 is 1.39 bits per heavy atom. The van der Waals surface area contributed by atoms with E-state index >= 15 is 0 Å². The summed E-state index contributed by atoms with van der Waals surface area (Å²) in [5.41, 5.74) is 6.88. The lowest BCUT2D eigenvalue weighted by Crippen LogP contribution is -2.02. The smallest absolute Gasteiger partial charge is 0.133 e. The third-order valence-corrected chi connectivity index (χ3v) is 5.66. The van der Waals surface area contributed by atoms with E-state index in [1.165, 1.54) is 16.7 Å². The van der Waals surface area contributed by atoms with Crippen molar-refractivity contribution in [3.63, 3.8) is 0 Å². The standard InChI is InChI=1S/C31H27NO/c33-30(22-20-27-9-7-23-32-24-27)21-19-26-17-15-25(16-18-26)8-6-13-29-12-4-5-14-31(29)28-10-2-1-3-11-28/h1-5,7,9-12,14-18,23-24H,8,19-22H2. The summed E-state index contributed by atoms with van der Waals surface area (Å²) >= 11 is 0. The summed E-state index contributed by atoms with van der Waals surface area (Å²) in [7, 11) is 0. The summed E-state index contributed by atoms with van der Waals surface area (Å²) in [4.78, 5) is 16.3. The summed E-state index contributed by atoms with van der Waals surface area (Å²) in [6.07, 6.45) is 6.98. The third kappa shape index (κ3) is 6.76. The molecule has 4 aromatic rings. The number of pyridine rings is 1. The van der Waals surface area contributed by atoms with Crippen LogP contribution in [0.25, 0.3) is 11.1 Å². The normalized spacial score (nSPS) is 10.3. The molecule has 3 aromatic carbocycles.